The van der Waals surface area contributed by atoms with Crippen molar-refractivity contribution in [1.29, 1.82) is 0 Å². The van der Waals surface area contributed by atoms with Crippen LogP contribution in [0.2, 0.25) is 0 Å². The van der Waals surface area contributed by atoms with Gasteiger partial charge in [0.15, 0.2) is 0 Å². The van der Waals surface area contributed by atoms with Crippen LogP contribution in [0.4, 0.5) is 0 Å². The molecule has 6 aliphatic rings. The highest BCUT2D eigenvalue weighted by Crippen LogP contribution is 2.46. The van der Waals surface area contributed by atoms with Crippen LogP contribution in [0.1, 0.15) is 0 Å². The van der Waals surface area contributed by atoms with E-state index in [1.165, 1.54) is 9.80 Å². The molecule has 4 saturated heterocycles. The fourth-order valence-corrected chi connectivity index (χ4v) is 5.37. The van der Waals surface area contributed by atoms with Gasteiger partial charge in [-0.15, -0.1) is 0 Å². The molecule has 4 amide bonds. The molecule has 4 fully saturated rings. The summed E-state index contributed by atoms with van der Waals surface area (Å²) in [6.45, 7) is 0.0926. The molecule has 0 aromatic rings. The molecule has 0 aromatic heterocycles. The van der Waals surface area contributed by atoms with Crippen molar-refractivity contribution in [2.75, 3.05) is 13.1 Å². The predicted octanol–water partition coefficient (Wildman–Crippen LogP) is -1.14. The Balaban J connectivity index is 1.19. The lowest BCUT2D eigenvalue weighted by Crippen LogP contribution is -2.43. The number of rotatable bonds is 3. The molecule has 0 N–H and O–H groups in total. The van der Waals surface area contributed by atoms with Gasteiger partial charge >= 0.3 is 0 Å². The van der Waals surface area contributed by atoms with E-state index in [9.17, 15) is 19.2 Å². The Morgan fingerprint density at radius 2 is 0.846 bits per heavy atom. The molecule has 0 aromatic carbocycles. The summed E-state index contributed by atoms with van der Waals surface area (Å²) < 4.78 is 11.2. The van der Waals surface area contributed by atoms with Crippen LogP contribution in [-0.2, 0) is 28.7 Å². The highest BCUT2D eigenvalue weighted by Gasteiger charge is 2.62. The molecule has 134 valence electrons. The minimum atomic E-state index is -0.463. The average Bonchev–Trinajstić information content (AvgIpc) is 3.43. The Morgan fingerprint density at radius 1 is 0.577 bits per heavy atom. The van der Waals surface area contributed by atoms with Crippen LogP contribution >= 0.6 is 0 Å². The van der Waals surface area contributed by atoms with E-state index in [1.54, 1.807) is 0 Å². The fraction of sp³-hybridized carbons (Fsp3) is 0.556. The van der Waals surface area contributed by atoms with Crippen molar-refractivity contribution in [3.05, 3.63) is 24.3 Å². The monoisotopic (exact) mass is 356 g/mol. The van der Waals surface area contributed by atoms with Crippen LogP contribution in [0.15, 0.2) is 24.3 Å². The Morgan fingerprint density at radius 3 is 1.12 bits per heavy atom. The van der Waals surface area contributed by atoms with Crippen molar-refractivity contribution < 1.29 is 28.7 Å². The number of amides is 4. The Hall–Kier alpha value is -2.32. The predicted molar refractivity (Wildman–Crippen MR) is 83.0 cm³/mol. The average molecular weight is 356 g/mol. The summed E-state index contributed by atoms with van der Waals surface area (Å²) in [6, 6.07) is 0. The number of carbonyl (C=O) groups excluding carboxylic acids is 4. The van der Waals surface area contributed by atoms with Crippen molar-refractivity contribution in [1.82, 2.24) is 9.80 Å². The van der Waals surface area contributed by atoms with Crippen molar-refractivity contribution in [3.8, 4) is 0 Å². The molecule has 0 spiro atoms. The molecule has 0 aliphatic carbocycles. The third kappa shape index (κ3) is 1.58. The molecular formula is C18H16N2O6. The molecular weight excluding hydrogens is 340 g/mol. The molecule has 8 heteroatoms. The zero-order chi connectivity index (χ0) is 17.7. The largest absolute Gasteiger partial charge is 0.365 e. The van der Waals surface area contributed by atoms with E-state index in [0.29, 0.717) is 0 Å². The number of imide groups is 2. The number of ether oxygens (including phenoxy) is 2. The third-order valence-electron chi connectivity index (χ3n) is 6.55. The van der Waals surface area contributed by atoms with Crippen molar-refractivity contribution in [2.24, 2.45) is 23.7 Å². The summed E-state index contributed by atoms with van der Waals surface area (Å²) in [5, 5.41) is 0. The first-order chi connectivity index (χ1) is 12.6. The van der Waals surface area contributed by atoms with E-state index in [1.807, 2.05) is 24.3 Å². The van der Waals surface area contributed by atoms with Crippen LogP contribution in [0, 0.1) is 23.7 Å². The molecule has 0 saturated carbocycles. The number of hydrogen-bond acceptors (Lipinski definition) is 6. The second-order valence-corrected chi connectivity index (χ2v) is 7.66. The zero-order valence-corrected chi connectivity index (χ0v) is 13.7. The number of hydrogen-bond donors (Lipinski definition) is 0. The van der Waals surface area contributed by atoms with E-state index < -0.39 is 23.7 Å². The zero-order valence-electron chi connectivity index (χ0n) is 13.7. The van der Waals surface area contributed by atoms with Crippen molar-refractivity contribution in [2.45, 2.75) is 24.4 Å². The summed E-state index contributed by atoms with van der Waals surface area (Å²) in [4.78, 5) is 52.9. The molecule has 8 atom stereocenters. The maximum absolute atomic E-state index is 12.6. The van der Waals surface area contributed by atoms with Crippen LogP contribution in [0.25, 0.3) is 0 Å². The number of nitrogens with zero attached hydrogens (tertiary/aromatic N) is 2. The highest BCUT2D eigenvalue weighted by molar-refractivity contribution is 6.08. The first-order valence-corrected chi connectivity index (χ1v) is 8.94. The molecule has 8 nitrogen and oxygen atoms in total. The fourth-order valence-electron chi connectivity index (χ4n) is 5.37. The molecule has 0 unspecified atom stereocenters. The van der Waals surface area contributed by atoms with E-state index >= 15 is 0 Å². The lowest BCUT2D eigenvalue weighted by atomic mass is 9.85. The second kappa shape index (κ2) is 4.69. The summed E-state index contributed by atoms with van der Waals surface area (Å²) in [5.41, 5.74) is 0. The third-order valence-corrected chi connectivity index (χ3v) is 6.55. The molecule has 26 heavy (non-hydrogen) atoms. The summed E-state index contributed by atoms with van der Waals surface area (Å²) >= 11 is 0. The van der Waals surface area contributed by atoms with Crippen LogP contribution in [0.5, 0.6) is 0 Å². The number of fused-ring (bicyclic) bond motifs is 10. The van der Waals surface area contributed by atoms with Crippen molar-refractivity contribution >= 4 is 23.6 Å². The lowest BCUT2D eigenvalue weighted by Gasteiger charge is -2.22. The first kappa shape index (κ1) is 14.8. The summed E-state index contributed by atoms with van der Waals surface area (Å²) in [6.07, 6.45) is 5.99. The molecule has 6 rings (SSSR count). The van der Waals surface area contributed by atoms with E-state index in [-0.39, 0.29) is 61.1 Å². The minimum Gasteiger partial charge on any atom is -0.365 e. The standard InChI is InChI=1S/C18H16N2O6/c21-15-11-7-1-2-8(25-7)12(11)16(22)19(15)5-6-20-17(23)13-9-3-4-10(26-9)14(13)18(20)24/h1-4,7-14H,5-6H2/t7-,8-,9-,10+,11-,12+,13+,14-/m0/s1. The van der Waals surface area contributed by atoms with E-state index in [0.717, 1.165) is 0 Å². The van der Waals surface area contributed by atoms with Gasteiger partial charge in [-0.1, -0.05) is 24.3 Å². The summed E-state index contributed by atoms with van der Waals surface area (Å²) in [5.74, 6) is -2.90. The van der Waals surface area contributed by atoms with Gasteiger partial charge in [0, 0.05) is 13.1 Å². The second-order valence-electron chi connectivity index (χ2n) is 7.66. The topological polar surface area (TPSA) is 93.2 Å². The Labute approximate surface area is 148 Å². The first-order valence-electron chi connectivity index (χ1n) is 8.94. The number of likely N-dealkylation sites (tertiary alicyclic amines) is 2. The summed E-state index contributed by atoms with van der Waals surface area (Å²) in [7, 11) is 0. The van der Waals surface area contributed by atoms with Crippen LogP contribution in [-0.4, -0.2) is 70.9 Å². The Bertz CT molecular complexity index is 706. The highest BCUT2D eigenvalue weighted by atomic mass is 16.5. The van der Waals surface area contributed by atoms with Crippen LogP contribution in [0.3, 0.4) is 0 Å². The maximum atomic E-state index is 12.6. The SMILES string of the molecule is O=C1[C@@H]2[C@H](C(=O)N1CCN1C(=O)[C@@H]3[C@H](C1=O)[C@@H]1C=C[C@H]3O1)[C@@H]1C=C[C@@H]2O1. The maximum Gasteiger partial charge on any atom is 0.236 e. The van der Waals surface area contributed by atoms with Gasteiger partial charge in [0.2, 0.25) is 23.6 Å². The normalized spacial score (nSPS) is 47.1. The van der Waals surface area contributed by atoms with Gasteiger partial charge in [-0.25, -0.2) is 0 Å². The molecule has 4 bridgehead atoms. The van der Waals surface area contributed by atoms with E-state index in [4.69, 9.17) is 9.47 Å². The van der Waals surface area contributed by atoms with Crippen molar-refractivity contribution in [3.63, 3.8) is 0 Å². The lowest BCUT2D eigenvalue weighted by molar-refractivity contribution is -0.147. The molecule has 6 aliphatic heterocycles. The van der Waals surface area contributed by atoms with Crippen LogP contribution < -0.4 is 0 Å². The molecule has 6 heterocycles. The van der Waals surface area contributed by atoms with Gasteiger partial charge in [-0.3, -0.25) is 29.0 Å². The van der Waals surface area contributed by atoms with Gasteiger partial charge in [-0.2, -0.15) is 0 Å². The van der Waals surface area contributed by atoms with Gasteiger partial charge in [0.25, 0.3) is 0 Å². The quantitative estimate of drug-likeness (QED) is 0.469. The van der Waals surface area contributed by atoms with Gasteiger partial charge in [-0.05, 0) is 0 Å². The Kier molecular flexibility index (Phi) is 2.67. The van der Waals surface area contributed by atoms with Gasteiger partial charge < -0.3 is 9.47 Å². The molecule has 0 radical (unpaired) electrons. The minimum absolute atomic E-state index is 0.0463. The number of carbonyl (C=O) groups is 4. The van der Waals surface area contributed by atoms with E-state index in [2.05, 4.69) is 0 Å². The van der Waals surface area contributed by atoms with Gasteiger partial charge in [0.05, 0.1) is 48.1 Å². The van der Waals surface area contributed by atoms with Gasteiger partial charge in [0.1, 0.15) is 0 Å². The smallest absolute Gasteiger partial charge is 0.236 e.